The zero-order chi connectivity index (χ0) is 15.2. The highest BCUT2D eigenvalue weighted by Crippen LogP contribution is 2.29. The Balaban J connectivity index is 2.02. The number of β-amino-alcohol motifs (C(OH)–C–C–N with tert-alkyl or cyclic N) is 1. The number of nitrogens with zero attached hydrogens (tertiary/aromatic N) is 5. The molecule has 0 spiro atoms. The van der Waals surface area contributed by atoms with Crippen LogP contribution in [0.2, 0.25) is 0 Å². The molecule has 114 valence electrons. The Morgan fingerprint density at radius 3 is 2.71 bits per heavy atom. The first-order valence-electron chi connectivity index (χ1n) is 7.50. The molecule has 0 aliphatic carbocycles. The van der Waals surface area contributed by atoms with E-state index in [-0.39, 0.29) is 11.6 Å². The molecule has 1 aliphatic heterocycles. The van der Waals surface area contributed by atoms with Crippen LogP contribution in [0.1, 0.15) is 34.1 Å². The minimum absolute atomic E-state index is 0.122. The third-order valence-electron chi connectivity index (χ3n) is 4.20. The summed E-state index contributed by atoms with van der Waals surface area (Å²) in [6.07, 6.45) is 4.09. The molecule has 0 radical (unpaired) electrons. The number of rotatable bonds is 1. The van der Waals surface area contributed by atoms with Gasteiger partial charge in [0.25, 0.3) is 0 Å². The molecule has 2 unspecified atom stereocenters. The number of hydrogen-bond donors (Lipinski definition) is 1. The zero-order valence-electron chi connectivity index (χ0n) is 13.1. The van der Waals surface area contributed by atoms with E-state index in [4.69, 9.17) is 0 Å². The summed E-state index contributed by atoms with van der Waals surface area (Å²) in [6, 6.07) is 0. The second-order valence-corrected chi connectivity index (χ2v) is 6.94. The fraction of sp³-hybridized carbons (Fsp3) is 0.667. The van der Waals surface area contributed by atoms with Crippen LogP contribution in [0.25, 0.3) is 11.0 Å². The molecule has 3 rings (SSSR count). The van der Waals surface area contributed by atoms with E-state index in [0.29, 0.717) is 12.5 Å². The summed E-state index contributed by atoms with van der Waals surface area (Å²) in [7, 11) is 0. The monoisotopic (exact) mass is 289 g/mol. The van der Waals surface area contributed by atoms with E-state index in [9.17, 15) is 5.11 Å². The van der Waals surface area contributed by atoms with Gasteiger partial charge in [0.2, 0.25) is 0 Å². The predicted molar refractivity (Wildman–Crippen MR) is 82.3 cm³/mol. The van der Waals surface area contributed by atoms with Gasteiger partial charge >= 0.3 is 0 Å². The minimum Gasteiger partial charge on any atom is -0.391 e. The molecule has 2 atom stereocenters. The Kier molecular flexibility index (Phi) is 3.36. The van der Waals surface area contributed by atoms with Crippen LogP contribution in [-0.2, 0) is 5.54 Å². The maximum atomic E-state index is 10.1. The van der Waals surface area contributed by atoms with Crippen molar-refractivity contribution < 1.29 is 5.11 Å². The molecule has 6 nitrogen and oxygen atoms in total. The fourth-order valence-corrected chi connectivity index (χ4v) is 2.82. The van der Waals surface area contributed by atoms with E-state index >= 15 is 0 Å². The molecule has 1 fully saturated rings. The standard InChI is InChI=1S/C15H23N5O/c1-10-5-6-19(8-12(10)21)13-11-7-18-20(15(2,3)4)14(11)17-9-16-13/h7,9-10,12,21H,5-6,8H2,1-4H3. The highest BCUT2D eigenvalue weighted by Gasteiger charge is 2.27. The summed E-state index contributed by atoms with van der Waals surface area (Å²) in [5.41, 5.74) is 0.726. The molecule has 0 bridgehead atoms. The molecule has 6 heteroatoms. The van der Waals surface area contributed by atoms with Gasteiger partial charge in [-0.1, -0.05) is 6.92 Å². The Morgan fingerprint density at radius 2 is 2.05 bits per heavy atom. The lowest BCUT2D eigenvalue weighted by molar-refractivity contribution is 0.103. The molecule has 0 amide bonds. The quantitative estimate of drug-likeness (QED) is 0.867. The first-order chi connectivity index (χ1) is 9.88. The molecule has 3 heterocycles. The van der Waals surface area contributed by atoms with Gasteiger partial charge in [-0.25, -0.2) is 14.6 Å². The van der Waals surface area contributed by atoms with Crippen LogP contribution in [0.3, 0.4) is 0 Å². The molecule has 0 aromatic carbocycles. The average molecular weight is 289 g/mol. The lowest BCUT2D eigenvalue weighted by Gasteiger charge is -2.35. The number of hydrogen-bond acceptors (Lipinski definition) is 5. The maximum absolute atomic E-state index is 10.1. The van der Waals surface area contributed by atoms with E-state index in [1.807, 2.05) is 10.9 Å². The second-order valence-electron chi connectivity index (χ2n) is 6.94. The first-order valence-corrected chi connectivity index (χ1v) is 7.50. The predicted octanol–water partition coefficient (Wildman–Crippen LogP) is 1.79. The molecule has 21 heavy (non-hydrogen) atoms. The molecule has 2 aromatic heterocycles. The van der Waals surface area contributed by atoms with Gasteiger partial charge < -0.3 is 10.0 Å². The number of aliphatic hydroxyl groups excluding tert-OH is 1. The highest BCUT2D eigenvalue weighted by molar-refractivity contribution is 5.86. The highest BCUT2D eigenvalue weighted by atomic mass is 16.3. The summed E-state index contributed by atoms with van der Waals surface area (Å²) >= 11 is 0. The van der Waals surface area contributed by atoms with Crippen LogP contribution in [0, 0.1) is 5.92 Å². The van der Waals surface area contributed by atoms with E-state index < -0.39 is 0 Å². The van der Waals surface area contributed by atoms with Gasteiger partial charge in [0.1, 0.15) is 12.1 Å². The smallest absolute Gasteiger partial charge is 0.163 e. The van der Waals surface area contributed by atoms with Gasteiger partial charge in [-0.3, -0.25) is 0 Å². The summed E-state index contributed by atoms with van der Waals surface area (Å²) in [5.74, 6) is 1.22. The molecular formula is C15H23N5O. The fourth-order valence-electron chi connectivity index (χ4n) is 2.82. The topological polar surface area (TPSA) is 67.1 Å². The van der Waals surface area contributed by atoms with Gasteiger partial charge in [-0.2, -0.15) is 5.10 Å². The van der Waals surface area contributed by atoms with Gasteiger partial charge in [0.05, 0.1) is 23.2 Å². The number of fused-ring (bicyclic) bond motifs is 1. The van der Waals surface area contributed by atoms with Crippen LogP contribution < -0.4 is 4.90 Å². The lowest BCUT2D eigenvalue weighted by atomic mass is 9.96. The van der Waals surface area contributed by atoms with Crippen LogP contribution in [0.15, 0.2) is 12.5 Å². The number of aliphatic hydroxyl groups is 1. The molecule has 1 saturated heterocycles. The summed E-state index contributed by atoms with van der Waals surface area (Å²) in [4.78, 5) is 11.0. The van der Waals surface area contributed by atoms with Gasteiger partial charge in [0, 0.05) is 13.1 Å². The van der Waals surface area contributed by atoms with Gasteiger partial charge in [-0.15, -0.1) is 0 Å². The molecular weight excluding hydrogens is 266 g/mol. The van der Waals surface area contributed by atoms with Crippen molar-refractivity contribution >= 4 is 16.9 Å². The summed E-state index contributed by atoms with van der Waals surface area (Å²) in [6.45, 7) is 9.93. The van der Waals surface area contributed by atoms with Crippen molar-refractivity contribution in [3.8, 4) is 0 Å². The third kappa shape index (κ3) is 2.48. The summed E-state index contributed by atoms with van der Waals surface area (Å²) < 4.78 is 1.93. The first kappa shape index (κ1) is 14.3. The van der Waals surface area contributed by atoms with Crippen molar-refractivity contribution in [1.82, 2.24) is 19.7 Å². The van der Waals surface area contributed by atoms with Crippen molar-refractivity contribution in [3.05, 3.63) is 12.5 Å². The van der Waals surface area contributed by atoms with Gasteiger partial charge in [-0.05, 0) is 33.1 Å². The van der Waals surface area contributed by atoms with E-state index in [0.717, 1.165) is 29.8 Å². The van der Waals surface area contributed by atoms with Crippen LogP contribution in [0.4, 0.5) is 5.82 Å². The Labute approximate surface area is 124 Å². The van der Waals surface area contributed by atoms with Crippen LogP contribution in [0.5, 0.6) is 0 Å². The van der Waals surface area contributed by atoms with Crippen molar-refractivity contribution in [2.24, 2.45) is 5.92 Å². The molecule has 2 aromatic rings. The zero-order valence-corrected chi connectivity index (χ0v) is 13.1. The SMILES string of the molecule is CC1CCN(c2ncnc3c2cnn3C(C)(C)C)CC1O. The van der Waals surface area contributed by atoms with E-state index in [1.165, 1.54) is 0 Å². The van der Waals surface area contributed by atoms with Gasteiger partial charge in [0.15, 0.2) is 5.65 Å². The van der Waals surface area contributed by atoms with E-state index in [1.54, 1.807) is 6.33 Å². The molecule has 1 N–H and O–H groups in total. The normalized spacial score (nSPS) is 23.8. The van der Waals surface area contributed by atoms with Crippen molar-refractivity contribution in [3.63, 3.8) is 0 Å². The number of anilines is 1. The van der Waals surface area contributed by atoms with Crippen LogP contribution in [-0.4, -0.2) is 44.0 Å². The Bertz CT molecular complexity index is 645. The summed E-state index contributed by atoms with van der Waals surface area (Å²) in [5, 5.41) is 15.5. The van der Waals surface area contributed by atoms with Crippen molar-refractivity contribution in [1.29, 1.82) is 0 Å². The second kappa shape index (κ2) is 4.94. The molecule has 0 saturated carbocycles. The van der Waals surface area contributed by atoms with E-state index in [2.05, 4.69) is 47.7 Å². The largest absolute Gasteiger partial charge is 0.391 e. The Morgan fingerprint density at radius 1 is 1.29 bits per heavy atom. The minimum atomic E-state index is -0.304. The third-order valence-corrected chi connectivity index (χ3v) is 4.20. The maximum Gasteiger partial charge on any atom is 0.163 e. The number of piperidine rings is 1. The van der Waals surface area contributed by atoms with Crippen LogP contribution >= 0.6 is 0 Å². The van der Waals surface area contributed by atoms with Crippen molar-refractivity contribution in [2.45, 2.75) is 45.8 Å². The lowest BCUT2D eigenvalue weighted by Crippen LogP contribution is -2.43. The average Bonchev–Trinajstić information content (AvgIpc) is 2.85. The van der Waals surface area contributed by atoms with Crippen molar-refractivity contribution in [2.75, 3.05) is 18.0 Å². The number of aromatic nitrogens is 4. The molecule has 1 aliphatic rings. The Hall–Kier alpha value is -1.69.